The van der Waals surface area contributed by atoms with Gasteiger partial charge in [0.15, 0.2) is 0 Å². The van der Waals surface area contributed by atoms with E-state index in [1.807, 2.05) is 6.20 Å². The van der Waals surface area contributed by atoms with Crippen molar-refractivity contribution in [2.75, 3.05) is 0 Å². The third kappa shape index (κ3) is 1.39. The highest BCUT2D eigenvalue weighted by Crippen LogP contribution is 2.27. The van der Waals surface area contributed by atoms with Crippen molar-refractivity contribution in [2.24, 2.45) is 0 Å². The third-order valence-electron chi connectivity index (χ3n) is 2.35. The number of aromatic nitrogens is 1. The number of nitrogens with one attached hydrogen (secondary N) is 1. The molecular weight excluding hydrogens is 226 g/mol. The molecular formula is C11H12BrN. The summed E-state index contributed by atoms with van der Waals surface area (Å²) in [5.74, 6) is 0. The molecule has 0 atom stereocenters. The quantitative estimate of drug-likeness (QED) is 0.777. The number of aryl methyl sites for hydroxylation is 2. The van der Waals surface area contributed by atoms with Crippen molar-refractivity contribution in [3.8, 4) is 0 Å². The van der Waals surface area contributed by atoms with E-state index in [0.29, 0.717) is 0 Å². The molecule has 1 heterocycles. The van der Waals surface area contributed by atoms with Gasteiger partial charge in [0.1, 0.15) is 0 Å². The molecule has 0 saturated carbocycles. The van der Waals surface area contributed by atoms with Crippen molar-refractivity contribution < 1.29 is 0 Å². The van der Waals surface area contributed by atoms with Crippen LogP contribution in [-0.2, 0) is 6.42 Å². The molecule has 0 fully saturated rings. The van der Waals surface area contributed by atoms with E-state index in [2.05, 4.69) is 46.9 Å². The Hall–Kier alpha value is -0.760. The van der Waals surface area contributed by atoms with E-state index in [4.69, 9.17) is 0 Å². The maximum atomic E-state index is 3.53. The van der Waals surface area contributed by atoms with E-state index in [-0.39, 0.29) is 0 Å². The van der Waals surface area contributed by atoms with Crippen LogP contribution in [0, 0.1) is 6.92 Å². The van der Waals surface area contributed by atoms with Crippen molar-refractivity contribution in [1.82, 2.24) is 4.98 Å². The Kier molecular flexibility index (Phi) is 2.16. The summed E-state index contributed by atoms with van der Waals surface area (Å²) in [6.45, 7) is 4.32. The smallest absolute Gasteiger partial charge is 0.0498 e. The molecule has 2 rings (SSSR count). The summed E-state index contributed by atoms with van der Waals surface area (Å²) in [5.41, 5.74) is 3.98. The van der Waals surface area contributed by atoms with Crippen molar-refractivity contribution >= 4 is 26.8 Å². The van der Waals surface area contributed by atoms with Crippen LogP contribution in [0.3, 0.4) is 0 Å². The molecule has 0 bridgehead atoms. The second kappa shape index (κ2) is 3.18. The van der Waals surface area contributed by atoms with Gasteiger partial charge in [-0.1, -0.05) is 18.6 Å². The first-order chi connectivity index (χ1) is 6.22. The molecule has 1 nitrogen and oxygen atoms in total. The fourth-order valence-electron chi connectivity index (χ4n) is 1.71. The Morgan fingerprint density at radius 1 is 1.38 bits per heavy atom. The highest BCUT2D eigenvalue weighted by atomic mass is 79.9. The monoisotopic (exact) mass is 237 g/mol. The summed E-state index contributed by atoms with van der Waals surface area (Å²) >= 11 is 3.53. The standard InChI is InChI=1S/C11H12BrN/c1-3-8-4-7(2)5-9-10(12)6-13-11(8)9/h4-6,13H,3H2,1-2H3. The van der Waals surface area contributed by atoms with Crippen molar-refractivity contribution in [3.63, 3.8) is 0 Å². The molecule has 0 amide bonds. The number of halogens is 1. The first-order valence-electron chi connectivity index (χ1n) is 4.48. The fraction of sp³-hybridized carbons (Fsp3) is 0.273. The SMILES string of the molecule is CCc1cc(C)cc2c(Br)c[nH]c12. The van der Waals surface area contributed by atoms with Crippen LogP contribution in [0.2, 0.25) is 0 Å². The van der Waals surface area contributed by atoms with Gasteiger partial charge in [0.05, 0.1) is 0 Å². The van der Waals surface area contributed by atoms with Crippen LogP contribution in [-0.4, -0.2) is 4.98 Å². The minimum atomic E-state index is 1.07. The van der Waals surface area contributed by atoms with Gasteiger partial charge >= 0.3 is 0 Å². The molecule has 1 aromatic carbocycles. The summed E-state index contributed by atoms with van der Waals surface area (Å²) in [6.07, 6.45) is 3.08. The van der Waals surface area contributed by atoms with E-state index in [1.165, 1.54) is 22.0 Å². The molecule has 0 saturated heterocycles. The molecule has 0 aliphatic heterocycles. The highest BCUT2D eigenvalue weighted by molar-refractivity contribution is 9.10. The Bertz CT molecular complexity index is 443. The number of aromatic amines is 1. The van der Waals surface area contributed by atoms with E-state index in [1.54, 1.807) is 0 Å². The summed E-state index contributed by atoms with van der Waals surface area (Å²) in [6, 6.07) is 4.44. The lowest BCUT2D eigenvalue weighted by Crippen LogP contribution is -1.84. The van der Waals surface area contributed by atoms with Crippen molar-refractivity contribution in [1.29, 1.82) is 0 Å². The Labute approximate surface area is 86.3 Å². The Morgan fingerprint density at radius 2 is 2.15 bits per heavy atom. The van der Waals surface area contributed by atoms with Crippen LogP contribution in [0.4, 0.5) is 0 Å². The lowest BCUT2D eigenvalue weighted by atomic mass is 10.1. The molecule has 68 valence electrons. The van der Waals surface area contributed by atoms with Gasteiger partial charge in [-0.25, -0.2) is 0 Å². The van der Waals surface area contributed by atoms with Crippen LogP contribution in [0.1, 0.15) is 18.1 Å². The van der Waals surface area contributed by atoms with Gasteiger partial charge in [-0.05, 0) is 40.9 Å². The number of hydrogen-bond acceptors (Lipinski definition) is 0. The van der Waals surface area contributed by atoms with Gasteiger partial charge in [-0.15, -0.1) is 0 Å². The zero-order chi connectivity index (χ0) is 9.42. The largest absolute Gasteiger partial charge is 0.360 e. The molecule has 0 aliphatic carbocycles. The summed E-state index contributed by atoms with van der Waals surface area (Å²) in [7, 11) is 0. The molecule has 1 N–H and O–H groups in total. The molecule has 0 unspecified atom stereocenters. The van der Waals surface area contributed by atoms with Crippen molar-refractivity contribution in [2.45, 2.75) is 20.3 Å². The van der Waals surface area contributed by atoms with Crippen LogP contribution in [0.25, 0.3) is 10.9 Å². The molecule has 0 radical (unpaired) electrons. The number of hydrogen-bond donors (Lipinski definition) is 1. The summed E-state index contributed by atoms with van der Waals surface area (Å²) in [5, 5.41) is 1.29. The lowest BCUT2D eigenvalue weighted by Gasteiger charge is -2.01. The van der Waals surface area contributed by atoms with Crippen LogP contribution < -0.4 is 0 Å². The Balaban J connectivity index is 2.84. The second-order valence-electron chi connectivity index (χ2n) is 3.34. The van der Waals surface area contributed by atoms with Gasteiger partial charge in [0.25, 0.3) is 0 Å². The first-order valence-corrected chi connectivity index (χ1v) is 5.27. The molecule has 1 aromatic heterocycles. The van der Waals surface area contributed by atoms with Gasteiger partial charge in [-0.3, -0.25) is 0 Å². The topological polar surface area (TPSA) is 15.8 Å². The number of rotatable bonds is 1. The predicted octanol–water partition coefficient (Wildman–Crippen LogP) is 3.80. The van der Waals surface area contributed by atoms with Gasteiger partial charge < -0.3 is 4.98 Å². The van der Waals surface area contributed by atoms with Crippen LogP contribution in [0.5, 0.6) is 0 Å². The molecule has 2 aromatic rings. The molecule has 0 aliphatic rings. The highest BCUT2D eigenvalue weighted by Gasteiger charge is 2.05. The normalized spacial score (nSPS) is 11.0. The van der Waals surface area contributed by atoms with Crippen molar-refractivity contribution in [3.05, 3.63) is 33.9 Å². The Morgan fingerprint density at radius 3 is 2.85 bits per heavy atom. The number of H-pyrrole nitrogens is 1. The number of fused-ring (bicyclic) bond motifs is 1. The minimum absolute atomic E-state index is 1.07. The zero-order valence-corrected chi connectivity index (χ0v) is 9.40. The maximum absolute atomic E-state index is 3.53. The van der Waals surface area contributed by atoms with Gasteiger partial charge in [0.2, 0.25) is 0 Å². The van der Waals surface area contributed by atoms with E-state index in [9.17, 15) is 0 Å². The lowest BCUT2D eigenvalue weighted by molar-refractivity contribution is 1.14. The van der Waals surface area contributed by atoms with E-state index < -0.39 is 0 Å². The predicted molar refractivity (Wildman–Crippen MR) is 60.1 cm³/mol. The first kappa shape index (κ1) is 8.82. The fourth-order valence-corrected chi connectivity index (χ4v) is 2.14. The summed E-state index contributed by atoms with van der Waals surface area (Å²) < 4.78 is 1.15. The molecule has 13 heavy (non-hydrogen) atoms. The molecule has 0 spiro atoms. The van der Waals surface area contributed by atoms with Crippen LogP contribution in [0.15, 0.2) is 22.8 Å². The maximum Gasteiger partial charge on any atom is 0.0498 e. The zero-order valence-electron chi connectivity index (χ0n) is 7.82. The third-order valence-corrected chi connectivity index (χ3v) is 3.00. The van der Waals surface area contributed by atoms with E-state index >= 15 is 0 Å². The van der Waals surface area contributed by atoms with Crippen LogP contribution >= 0.6 is 15.9 Å². The van der Waals surface area contributed by atoms with E-state index in [0.717, 1.165) is 10.9 Å². The minimum Gasteiger partial charge on any atom is -0.360 e. The molecule has 2 heteroatoms. The van der Waals surface area contributed by atoms with Gasteiger partial charge in [0, 0.05) is 21.6 Å². The summed E-state index contributed by atoms with van der Waals surface area (Å²) in [4.78, 5) is 3.29. The number of benzene rings is 1. The second-order valence-corrected chi connectivity index (χ2v) is 4.19. The van der Waals surface area contributed by atoms with Gasteiger partial charge in [-0.2, -0.15) is 0 Å². The average molecular weight is 238 g/mol. The average Bonchev–Trinajstić information content (AvgIpc) is 2.47.